The van der Waals surface area contributed by atoms with Crippen molar-refractivity contribution < 1.29 is 17.2 Å². The maximum absolute atomic E-state index is 13.5. The molecule has 0 spiro atoms. The van der Waals surface area contributed by atoms with Gasteiger partial charge in [-0.15, -0.1) is 0 Å². The minimum Gasteiger partial charge on any atom is -0.279 e. The van der Waals surface area contributed by atoms with Crippen molar-refractivity contribution in [2.24, 2.45) is 0 Å². The van der Waals surface area contributed by atoms with Gasteiger partial charge in [0.2, 0.25) is 0 Å². The van der Waals surface area contributed by atoms with Crippen molar-refractivity contribution in [1.82, 2.24) is 0 Å². The van der Waals surface area contributed by atoms with Crippen LogP contribution in [0.3, 0.4) is 0 Å². The van der Waals surface area contributed by atoms with Gasteiger partial charge in [-0.3, -0.25) is 4.72 Å². The van der Waals surface area contributed by atoms with E-state index in [4.69, 9.17) is 11.6 Å². The second-order valence-electron chi connectivity index (χ2n) is 4.14. The Balaban J connectivity index is 2.38. The standard InChI is InChI=1S/C13H10ClF2NO2S/c1-8-2-4-10(7-11(8)14)17-20(18,19)13-5-3-9(15)6-12(13)16/h2-7,17H,1H3. The average molecular weight is 318 g/mol. The molecule has 2 aromatic carbocycles. The molecule has 1 N–H and O–H groups in total. The fourth-order valence-corrected chi connectivity index (χ4v) is 2.85. The van der Waals surface area contributed by atoms with Gasteiger partial charge >= 0.3 is 0 Å². The number of anilines is 1. The third-order valence-electron chi connectivity index (χ3n) is 2.61. The number of benzene rings is 2. The SMILES string of the molecule is Cc1ccc(NS(=O)(=O)c2ccc(F)cc2F)cc1Cl. The molecule has 0 radical (unpaired) electrons. The fourth-order valence-electron chi connectivity index (χ4n) is 1.56. The van der Waals surface area contributed by atoms with Gasteiger partial charge < -0.3 is 0 Å². The van der Waals surface area contributed by atoms with E-state index in [1.54, 1.807) is 13.0 Å². The Hall–Kier alpha value is -1.66. The molecule has 3 nitrogen and oxygen atoms in total. The molecule has 0 bridgehead atoms. The highest BCUT2D eigenvalue weighted by Gasteiger charge is 2.19. The van der Waals surface area contributed by atoms with E-state index < -0.39 is 26.6 Å². The Morgan fingerprint density at radius 2 is 1.80 bits per heavy atom. The first-order valence-electron chi connectivity index (χ1n) is 5.53. The van der Waals surface area contributed by atoms with E-state index in [-0.39, 0.29) is 5.69 Å². The van der Waals surface area contributed by atoms with Gasteiger partial charge in [0.25, 0.3) is 10.0 Å². The molecule has 0 aromatic heterocycles. The van der Waals surface area contributed by atoms with Crippen LogP contribution < -0.4 is 4.72 Å². The lowest BCUT2D eigenvalue weighted by Crippen LogP contribution is -2.14. The molecule has 2 aromatic rings. The highest BCUT2D eigenvalue weighted by molar-refractivity contribution is 7.92. The van der Waals surface area contributed by atoms with Crippen LogP contribution >= 0.6 is 11.6 Å². The van der Waals surface area contributed by atoms with Crippen molar-refractivity contribution in [1.29, 1.82) is 0 Å². The summed E-state index contributed by atoms with van der Waals surface area (Å²) in [6.07, 6.45) is 0. The highest BCUT2D eigenvalue weighted by Crippen LogP contribution is 2.23. The van der Waals surface area contributed by atoms with Crippen LogP contribution in [0.15, 0.2) is 41.3 Å². The second kappa shape index (κ2) is 5.38. The number of sulfonamides is 1. The first kappa shape index (κ1) is 14.7. The van der Waals surface area contributed by atoms with Crippen molar-refractivity contribution in [2.75, 3.05) is 4.72 Å². The normalized spacial score (nSPS) is 11.4. The van der Waals surface area contributed by atoms with Gasteiger partial charge in [0.1, 0.15) is 16.5 Å². The third-order valence-corrected chi connectivity index (χ3v) is 4.43. The number of hydrogen-bond acceptors (Lipinski definition) is 2. The van der Waals surface area contributed by atoms with Gasteiger partial charge in [0, 0.05) is 11.1 Å². The van der Waals surface area contributed by atoms with Crippen LogP contribution in [-0.4, -0.2) is 8.42 Å². The molecular weight excluding hydrogens is 308 g/mol. The van der Waals surface area contributed by atoms with Gasteiger partial charge in [-0.05, 0) is 36.8 Å². The van der Waals surface area contributed by atoms with Gasteiger partial charge in [-0.2, -0.15) is 0 Å². The Morgan fingerprint density at radius 3 is 2.40 bits per heavy atom. The zero-order valence-corrected chi connectivity index (χ0v) is 11.9. The molecule has 2 rings (SSSR count). The lowest BCUT2D eigenvalue weighted by atomic mass is 10.2. The summed E-state index contributed by atoms with van der Waals surface area (Å²) in [5.41, 5.74) is 0.979. The fraction of sp³-hybridized carbons (Fsp3) is 0.0769. The summed E-state index contributed by atoms with van der Waals surface area (Å²) in [4.78, 5) is -0.629. The number of hydrogen-bond donors (Lipinski definition) is 1. The van der Waals surface area contributed by atoms with Crippen molar-refractivity contribution >= 4 is 27.3 Å². The maximum Gasteiger partial charge on any atom is 0.264 e. The monoisotopic (exact) mass is 317 g/mol. The van der Waals surface area contributed by atoms with E-state index in [2.05, 4.69) is 4.72 Å². The molecule has 0 atom stereocenters. The van der Waals surface area contributed by atoms with Gasteiger partial charge in [-0.1, -0.05) is 17.7 Å². The van der Waals surface area contributed by atoms with Gasteiger partial charge in [0.05, 0.1) is 5.69 Å². The predicted molar refractivity (Wildman–Crippen MR) is 73.4 cm³/mol. The van der Waals surface area contributed by atoms with E-state index in [0.717, 1.165) is 17.7 Å². The number of aryl methyl sites for hydroxylation is 1. The lowest BCUT2D eigenvalue weighted by molar-refractivity contribution is 0.551. The van der Waals surface area contributed by atoms with E-state index in [9.17, 15) is 17.2 Å². The number of nitrogens with one attached hydrogen (secondary N) is 1. The van der Waals surface area contributed by atoms with Crippen molar-refractivity contribution in [3.63, 3.8) is 0 Å². The summed E-state index contributed by atoms with van der Waals surface area (Å²) in [5, 5.41) is 0.379. The summed E-state index contributed by atoms with van der Waals surface area (Å²) in [6, 6.07) is 6.79. The summed E-state index contributed by atoms with van der Waals surface area (Å²) >= 11 is 5.88. The number of rotatable bonds is 3. The summed E-state index contributed by atoms with van der Waals surface area (Å²) in [5.74, 6) is -2.00. The molecule has 106 valence electrons. The molecule has 0 heterocycles. The zero-order chi connectivity index (χ0) is 14.9. The molecule has 0 unspecified atom stereocenters. The molecular formula is C13H10ClF2NO2S. The summed E-state index contributed by atoms with van der Waals surface area (Å²) in [6.45, 7) is 1.76. The average Bonchev–Trinajstić information content (AvgIpc) is 2.33. The summed E-state index contributed by atoms with van der Waals surface area (Å²) in [7, 11) is -4.14. The Morgan fingerprint density at radius 1 is 1.10 bits per heavy atom. The molecule has 20 heavy (non-hydrogen) atoms. The smallest absolute Gasteiger partial charge is 0.264 e. The molecule has 0 aliphatic heterocycles. The molecule has 0 aliphatic rings. The van der Waals surface area contributed by atoms with E-state index in [1.807, 2.05) is 0 Å². The van der Waals surface area contributed by atoms with Crippen LogP contribution in [0.1, 0.15) is 5.56 Å². The van der Waals surface area contributed by atoms with Crippen molar-refractivity contribution in [3.8, 4) is 0 Å². The first-order valence-corrected chi connectivity index (χ1v) is 7.40. The Bertz CT molecular complexity index is 763. The lowest BCUT2D eigenvalue weighted by Gasteiger charge is -2.10. The molecule has 0 aliphatic carbocycles. The Labute approximate surface area is 120 Å². The minimum absolute atomic E-state index is 0.198. The van der Waals surface area contributed by atoms with Crippen LogP contribution in [0.2, 0.25) is 5.02 Å². The topological polar surface area (TPSA) is 46.2 Å². The summed E-state index contributed by atoms with van der Waals surface area (Å²) < 4.78 is 52.5. The zero-order valence-electron chi connectivity index (χ0n) is 10.3. The molecule has 0 saturated carbocycles. The Kier molecular flexibility index (Phi) is 3.96. The van der Waals surface area contributed by atoms with Gasteiger partial charge in [0.15, 0.2) is 0 Å². The third kappa shape index (κ3) is 3.08. The van der Waals surface area contributed by atoms with Gasteiger partial charge in [-0.25, -0.2) is 17.2 Å². The van der Waals surface area contributed by atoms with Crippen LogP contribution in [0.5, 0.6) is 0 Å². The molecule has 0 fully saturated rings. The molecule has 7 heteroatoms. The molecule has 0 amide bonds. The largest absolute Gasteiger partial charge is 0.279 e. The van der Waals surface area contributed by atoms with Crippen LogP contribution in [0.4, 0.5) is 14.5 Å². The van der Waals surface area contributed by atoms with Crippen LogP contribution in [-0.2, 0) is 10.0 Å². The molecule has 0 saturated heterocycles. The second-order valence-corrected chi connectivity index (χ2v) is 6.20. The minimum atomic E-state index is -4.14. The predicted octanol–water partition coefficient (Wildman–Crippen LogP) is 3.73. The maximum atomic E-state index is 13.5. The van der Waals surface area contributed by atoms with Crippen LogP contribution in [0.25, 0.3) is 0 Å². The number of halogens is 3. The van der Waals surface area contributed by atoms with Crippen LogP contribution in [0, 0.1) is 18.6 Å². The quantitative estimate of drug-likeness (QED) is 0.937. The van der Waals surface area contributed by atoms with E-state index in [1.165, 1.54) is 12.1 Å². The van der Waals surface area contributed by atoms with E-state index >= 15 is 0 Å². The van der Waals surface area contributed by atoms with Crippen molar-refractivity contribution in [3.05, 3.63) is 58.6 Å². The highest BCUT2D eigenvalue weighted by atomic mass is 35.5. The van der Waals surface area contributed by atoms with E-state index in [0.29, 0.717) is 11.1 Å². The first-order chi connectivity index (χ1) is 9.29. The van der Waals surface area contributed by atoms with Crippen molar-refractivity contribution in [2.45, 2.75) is 11.8 Å².